The van der Waals surface area contributed by atoms with Crippen LogP contribution < -0.4 is 10.5 Å². The van der Waals surface area contributed by atoms with Gasteiger partial charge in [-0.3, -0.25) is 4.57 Å². The molecule has 3 rings (SSSR count). The van der Waals surface area contributed by atoms with Crippen LogP contribution in [-0.2, 0) is 6.42 Å². The Morgan fingerprint density at radius 2 is 1.90 bits per heavy atom. The summed E-state index contributed by atoms with van der Waals surface area (Å²) in [5, 5.41) is 0. The van der Waals surface area contributed by atoms with E-state index in [1.165, 1.54) is 5.56 Å². The number of nitrogen functional groups attached to an aromatic ring is 1. The molecule has 4 heteroatoms. The molecule has 0 saturated heterocycles. The van der Waals surface area contributed by atoms with Crippen LogP contribution in [0.2, 0.25) is 0 Å². The smallest absolute Gasteiger partial charge is 0.205 e. The first kappa shape index (κ1) is 13.5. The summed E-state index contributed by atoms with van der Waals surface area (Å²) in [5.74, 6) is 1.27. The fourth-order valence-electron chi connectivity index (χ4n) is 2.58. The van der Waals surface area contributed by atoms with E-state index in [4.69, 9.17) is 10.5 Å². The summed E-state index contributed by atoms with van der Waals surface area (Å²) in [6.07, 6.45) is 2.24. The van der Waals surface area contributed by atoms with Gasteiger partial charge in [-0.1, -0.05) is 25.5 Å². The molecule has 0 bridgehead atoms. The van der Waals surface area contributed by atoms with Crippen LogP contribution in [0.1, 0.15) is 18.9 Å². The van der Waals surface area contributed by atoms with Crippen molar-refractivity contribution in [3.63, 3.8) is 0 Å². The van der Waals surface area contributed by atoms with Crippen molar-refractivity contribution in [2.45, 2.75) is 19.8 Å². The van der Waals surface area contributed by atoms with Crippen LogP contribution in [0.5, 0.6) is 5.75 Å². The van der Waals surface area contributed by atoms with Gasteiger partial charge in [0.25, 0.3) is 0 Å². The molecule has 2 aromatic carbocycles. The molecule has 4 nitrogen and oxygen atoms in total. The standard InChI is InChI=1S/C17H19N3O/c1-3-4-12-5-7-13(8-6-12)20-16-10-9-14(21-2)11-15(16)19-17(20)18/h5-11H,3-4H2,1-2H3,(H2,18,19). The monoisotopic (exact) mass is 281 g/mol. The molecule has 0 atom stereocenters. The summed E-state index contributed by atoms with van der Waals surface area (Å²) in [4.78, 5) is 4.42. The summed E-state index contributed by atoms with van der Waals surface area (Å²) in [6, 6.07) is 14.3. The van der Waals surface area contributed by atoms with Gasteiger partial charge in [-0.25, -0.2) is 4.98 Å². The third-order valence-corrected chi connectivity index (χ3v) is 3.62. The first-order chi connectivity index (χ1) is 10.2. The molecule has 1 aromatic heterocycles. The Balaban J connectivity index is 2.08. The maximum Gasteiger partial charge on any atom is 0.205 e. The summed E-state index contributed by atoms with van der Waals surface area (Å²) >= 11 is 0. The first-order valence-corrected chi connectivity index (χ1v) is 7.14. The maximum absolute atomic E-state index is 6.08. The summed E-state index contributed by atoms with van der Waals surface area (Å²) in [5.41, 5.74) is 10.3. The lowest BCUT2D eigenvalue weighted by molar-refractivity contribution is 0.415. The van der Waals surface area contributed by atoms with Gasteiger partial charge in [-0.2, -0.15) is 0 Å². The Morgan fingerprint density at radius 1 is 1.14 bits per heavy atom. The van der Waals surface area contributed by atoms with Gasteiger partial charge in [0, 0.05) is 11.8 Å². The molecule has 0 spiro atoms. The number of aryl methyl sites for hydroxylation is 1. The van der Waals surface area contributed by atoms with Crippen molar-refractivity contribution < 1.29 is 4.74 Å². The number of anilines is 1. The molecular weight excluding hydrogens is 262 g/mol. The van der Waals surface area contributed by atoms with Crippen LogP contribution in [0, 0.1) is 0 Å². The number of hydrogen-bond donors (Lipinski definition) is 1. The highest BCUT2D eigenvalue weighted by Crippen LogP contribution is 2.26. The van der Waals surface area contributed by atoms with Crippen LogP contribution >= 0.6 is 0 Å². The van der Waals surface area contributed by atoms with Crippen LogP contribution in [0.3, 0.4) is 0 Å². The van der Waals surface area contributed by atoms with Gasteiger partial charge in [0.2, 0.25) is 5.95 Å². The average molecular weight is 281 g/mol. The minimum Gasteiger partial charge on any atom is -0.497 e. The number of benzene rings is 2. The van der Waals surface area contributed by atoms with E-state index in [0.717, 1.165) is 35.3 Å². The average Bonchev–Trinajstić information content (AvgIpc) is 2.83. The second kappa shape index (κ2) is 5.48. The predicted octanol–water partition coefficient (Wildman–Crippen LogP) is 3.57. The van der Waals surface area contributed by atoms with E-state index in [0.29, 0.717) is 5.95 Å². The van der Waals surface area contributed by atoms with Crippen LogP contribution in [0.4, 0.5) is 5.95 Å². The largest absolute Gasteiger partial charge is 0.497 e. The molecule has 21 heavy (non-hydrogen) atoms. The number of aromatic nitrogens is 2. The second-order valence-corrected chi connectivity index (χ2v) is 5.08. The van der Waals surface area contributed by atoms with Crippen molar-refractivity contribution in [2.24, 2.45) is 0 Å². The van der Waals surface area contributed by atoms with Gasteiger partial charge in [-0.05, 0) is 36.2 Å². The zero-order chi connectivity index (χ0) is 14.8. The zero-order valence-electron chi connectivity index (χ0n) is 12.3. The Bertz CT molecular complexity index is 760. The number of hydrogen-bond acceptors (Lipinski definition) is 3. The van der Waals surface area contributed by atoms with E-state index in [1.54, 1.807) is 7.11 Å². The number of nitrogens with zero attached hydrogens (tertiary/aromatic N) is 2. The Hall–Kier alpha value is -2.49. The number of methoxy groups -OCH3 is 1. The van der Waals surface area contributed by atoms with E-state index in [-0.39, 0.29) is 0 Å². The number of rotatable bonds is 4. The van der Waals surface area contributed by atoms with E-state index in [1.807, 2.05) is 22.8 Å². The molecule has 108 valence electrons. The van der Waals surface area contributed by atoms with Crippen LogP contribution in [0.25, 0.3) is 16.7 Å². The fourth-order valence-corrected chi connectivity index (χ4v) is 2.58. The lowest BCUT2D eigenvalue weighted by atomic mass is 10.1. The van der Waals surface area contributed by atoms with Gasteiger partial charge in [0.15, 0.2) is 0 Å². The van der Waals surface area contributed by atoms with Crippen molar-refractivity contribution in [1.29, 1.82) is 0 Å². The third kappa shape index (κ3) is 2.44. The Morgan fingerprint density at radius 3 is 2.57 bits per heavy atom. The van der Waals surface area contributed by atoms with E-state index in [2.05, 4.69) is 36.2 Å². The summed E-state index contributed by atoms with van der Waals surface area (Å²) in [7, 11) is 1.65. The third-order valence-electron chi connectivity index (χ3n) is 3.62. The van der Waals surface area contributed by atoms with Crippen LogP contribution in [-0.4, -0.2) is 16.7 Å². The summed E-state index contributed by atoms with van der Waals surface area (Å²) in [6.45, 7) is 2.18. The molecule has 3 aromatic rings. The predicted molar refractivity (Wildman–Crippen MR) is 86.0 cm³/mol. The molecule has 0 unspecified atom stereocenters. The molecule has 2 N–H and O–H groups in total. The Labute approximate surface area is 124 Å². The van der Waals surface area contributed by atoms with Gasteiger partial charge in [0.05, 0.1) is 18.1 Å². The molecule has 0 saturated carbocycles. The highest BCUT2D eigenvalue weighted by atomic mass is 16.5. The highest BCUT2D eigenvalue weighted by Gasteiger charge is 2.10. The molecule has 0 aliphatic heterocycles. The van der Waals surface area contributed by atoms with E-state index < -0.39 is 0 Å². The molecule has 0 aliphatic rings. The summed E-state index contributed by atoms with van der Waals surface area (Å²) < 4.78 is 7.19. The van der Waals surface area contributed by atoms with Crippen molar-refractivity contribution in [3.05, 3.63) is 48.0 Å². The van der Waals surface area contributed by atoms with Gasteiger partial charge >= 0.3 is 0 Å². The lowest BCUT2D eigenvalue weighted by Gasteiger charge is -2.08. The van der Waals surface area contributed by atoms with Gasteiger partial charge in [0.1, 0.15) is 5.75 Å². The zero-order valence-corrected chi connectivity index (χ0v) is 12.3. The topological polar surface area (TPSA) is 53.1 Å². The molecule has 0 fully saturated rings. The van der Waals surface area contributed by atoms with Gasteiger partial charge in [-0.15, -0.1) is 0 Å². The minimum atomic E-state index is 0.487. The minimum absolute atomic E-state index is 0.487. The van der Waals surface area contributed by atoms with Gasteiger partial charge < -0.3 is 10.5 Å². The Kier molecular flexibility index (Phi) is 3.52. The quantitative estimate of drug-likeness (QED) is 0.795. The molecular formula is C17H19N3O. The van der Waals surface area contributed by atoms with Crippen molar-refractivity contribution in [3.8, 4) is 11.4 Å². The van der Waals surface area contributed by atoms with Crippen LogP contribution in [0.15, 0.2) is 42.5 Å². The normalized spacial score (nSPS) is 11.0. The maximum atomic E-state index is 6.08. The van der Waals surface area contributed by atoms with E-state index in [9.17, 15) is 0 Å². The fraction of sp³-hybridized carbons (Fsp3) is 0.235. The molecule has 0 amide bonds. The number of fused-ring (bicyclic) bond motifs is 1. The van der Waals surface area contributed by atoms with Crippen molar-refractivity contribution >= 4 is 17.0 Å². The van der Waals surface area contributed by atoms with Crippen molar-refractivity contribution in [2.75, 3.05) is 12.8 Å². The highest BCUT2D eigenvalue weighted by molar-refractivity contribution is 5.82. The number of imidazole rings is 1. The number of nitrogens with two attached hydrogens (primary N) is 1. The molecule has 0 radical (unpaired) electrons. The second-order valence-electron chi connectivity index (χ2n) is 5.08. The number of ether oxygens (including phenoxy) is 1. The van der Waals surface area contributed by atoms with Crippen molar-refractivity contribution in [1.82, 2.24) is 9.55 Å². The lowest BCUT2D eigenvalue weighted by Crippen LogP contribution is -2.00. The van der Waals surface area contributed by atoms with E-state index >= 15 is 0 Å². The SMILES string of the molecule is CCCc1ccc(-n2c(N)nc3cc(OC)ccc32)cc1. The molecule has 0 aliphatic carbocycles. The first-order valence-electron chi connectivity index (χ1n) is 7.14. The molecule has 1 heterocycles.